The maximum absolute atomic E-state index is 8.64. The minimum absolute atomic E-state index is 0.400. The van der Waals surface area contributed by atoms with Crippen LogP contribution in [0.25, 0.3) is 10.4 Å². The summed E-state index contributed by atoms with van der Waals surface area (Å²) in [6, 6.07) is 10.5. The number of aryl methyl sites for hydroxylation is 2. The van der Waals surface area contributed by atoms with Crippen molar-refractivity contribution in [3.8, 4) is 16.5 Å². The molecular weight excluding hydrogens is 216 g/mol. The highest BCUT2D eigenvalue weighted by atomic mass is 32.1. The van der Waals surface area contributed by atoms with E-state index in [4.69, 9.17) is 5.26 Å². The number of hydrogen-bond donors (Lipinski definition) is 0. The smallest absolute Gasteiger partial charge is 0.108 e. The summed E-state index contributed by atoms with van der Waals surface area (Å²) >= 11 is 1.61. The third kappa shape index (κ3) is 2.12. The summed E-state index contributed by atoms with van der Waals surface area (Å²) in [5.74, 6) is 0. The van der Waals surface area contributed by atoms with Gasteiger partial charge in [0.25, 0.3) is 0 Å². The molecule has 0 fully saturated rings. The average Bonchev–Trinajstić information content (AvgIpc) is 2.61. The first kappa shape index (κ1) is 10.8. The van der Waals surface area contributed by atoms with Crippen LogP contribution in [-0.4, -0.2) is 4.98 Å². The Balaban J connectivity index is 2.40. The molecule has 3 heteroatoms. The number of aromatic nitrogens is 1. The van der Waals surface area contributed by atoms with Gasteiger partial charge in [-0.1, -0.05) is 29.8 Å². The first-order valence-corrected chi connectivity index (χ1v) is 5.92. The Bertz CT molecular complexity index is 532. The molecule has 0 aliphatic rings. The predicted octanol–water partition coefficient (Wildman–Crippen LogP) is 3.49. The van der Waals surface area contributed by atoms with Crippen LogP contribution in [-0.2, 0) is 6.42 Å². The zero-order valence-electron chi connectivity index (χ0n) is 9.32. The number of benzene rings is 1. The van der Waals surface area contributed by atoms with Crippen LogP contribution in [0.5, 0.6) is 0 Å². The fraction of sp³-hybridized carbons (Fsp3) is 0.231. The summed E-state index contributed by atoms with van der Waals surface area (Å²) in [6.07, 6.45) is 0.400. The molecular formula is C13H12N2S. The van der Waals surface area contributed by atoms with Crippen LogP contribution in [0.2, 0.25) is 0 Å². The lowest BCUT2D eigenvalue weighted by Gasteiger charge is -1.98. The molecule has 1 aromatic heterocycles. The van der Waals surface area contributed by atoms with E-state index in [-0.39, 0.29) is 0 Å². The first-order chi connectivity index (χ1) is 7.70. The molecule has 0 aliphatic heterocycles. The zero-order chi connectivity index (χ0) is 11.5. The van der Waals surface area contributed by atoms with E-state index in [0.717, 1.165) is 10.7 Å². The quantitative estimate of drug-likeness (QED) is 0.788. The molecule has 2 aromatic rings. The Morgan fingerprint density at radius 3 is 2.56 bits per heavy atom. The van der Waals surface area contributed by atoms with Gasteiger partial charge in [0.2, 0.25) is 0 Å². The highest BCUT2D eigenvalue weighted by Crippen LogP contribution is 2.30. The first-order valence-electron chi connectivity index (χ1n) is 5.11. The lowest BCUT2D eigenvalue weighted by atomic mass is 10.1. The summed E-state index contributed by atoms with van der Waals surface area (Å²) in [5, 5.41) is 9.54. The van der Waals surface area contributed by atoms with Gasteiger partial charge in [-0.2, -0.15) is 5.26 Å². The fourth-order valence-corrected chi connectivity index (χ4v) is 2.57. The van der Waals surface area contributed by atoms with Crippen LogP contribution >= 0.6 is 11.3 Å². The van der Waals surface area contributed by atoms with Crippen molar-refractivity contribution in [2.24, 2.45) is 0 Å². The van der Waals surface area contributed by atoms with Gasteiger partial charge in [-0.15, -0.1) is 11.3 Å². The van der Waals surface area contributed by atoms with Gasteiger partial charge in [-0.05, 0) is 19.4 Å². The van der Waals surface area contributed by atoms with Crippen LogP contribution in [0.3, 0.4) is 0 Å². The Morgan fingerprint density at radius 2 is 1.94 bits per heavy atom. The van der Waals surface area contributed by atoms with E-state index in [0.29, 0.717) is 6.42 Å². The monoisotopic (exact) mass is 228 g/mol. The van der Waals surface area contributed by atoms with Gasteiger partial charge in [-0.25, -0.2) is 4.98 Å². The van der Waals surface area contributed by atoms with Crippen molar-refractivity contribution in [1.82, 2.24) is 4.98 Å². The third-order valence-corrected chi connectivity index (χ3v) is 3.59. The summed E-state index contributed by atoms with van der Waals surface area (Å²) in [7, 11) is 0. The molecule has 1 heterocycles. The molecule has 0 saturated heterocycles. The van der Waals surface area contributed by atoms with Crippen LogP contribution in [0.1, 0.15) is 16.3 Å². The molecule has 0 unspecified atom stereocenters. The van der Waals surface area contributed by atoms with Crippen molar-refractivity contribution in [3.63, 3.8) is 0 Å². The molecule has 0 radical (unpaired) electrons. The lowest BCUT2D eigenvalue weighted by Crippen LogP contribution is -1.80. The largest absolute Gasteiger partial charge is 0.245 e. The minimum atomic E-state index is 0.400. The van der Waals surface area contributed by atoms with Gasteiger partial charge in [0.1, 0.15) is 5.01 Å². The average molecular weight is 228 g/mol. The van der Waals surface area contributed by atoms with E-state index in [1.54, 1.807) is 11.3 Å². The highest BCUT2D eigenvalue weighted by Gasteiger charge is 2.08. The van der Waals surface area contributed by atoms with Gasteiger partial charge < -0.3 is 0 Å². The van der Waals surface area contributed by atoms with Crippen molar-refractivity contribution < 1.29 is 0 Å². The molecule has 0 bridgehead atoms. The zero-order valence-corrected chi connectivity index (χ0v) is 10.1. The topological polar surface area (TPSA) is 36.7 Å². The minimum Gasteiger partial charge on any atom is -0.245 e. The van der Waals surface area contributed by atoms with Gasteiger partial charge in [0.15, 0.2) is 0 Å². The maximum atomic E-state index is 8.64. The Labute approximate surface area is 99.2 Å². The van der Waals surface area contributed by atoms with Crippen LogP contribution < -0.4 is 0 Å². The van der Waals surface area contributed by atoms with Crippen molar-refractivity contribution in [3.05, 3.63) is 40.5 Å². The maximum Gasteiger partial charge on any atom is 0.108 e. The fourth-order valence-electron chi connectivity index (χ4n) is 1.57. The molecule has 0 aliphatic carbocycles. The summed E-state index contributed by atoms with van der Waals surface area (Å²) in [5.41, 5.74) is 3.45. The molecule has 16 heavy (non-hydrogen) atoms. The summed E-state index contributed by atoms with van der Waals surface area (Å²) < 4.78 is 0. The summed E-state index contributed by atoms with van der Waals surface area (Å²) in [4.78, 5) is 5.57. The second-order valence-corrected chi connectivity index (χ2v) is 4.81. The number of hydrogen-bond acceptors (Lipinski definition) is 3. The van der Waals surface area contributed by atoms with E-state index in [1.807, 2.05) is 6.92 Å². The molecule has 0 spiro atoms. The predicted molar refractivity (Wildman–Crippen MR) is 66.3 cm³/mol. The van der Waals surface area contributed by atoms with Gasteiger partial charge >= 0.3 is 0 Å². The molecule has 1 aromatic carbocycles. The van der Waals surface area contributed by atoms with E-state index in [2.05, 4.69) is 42.2 Å². The van der Waals surface area contributed by atoms with Crippen molar-refractivity contribution in [2.45, 2.75) is 20.3 Å². The van der Waals surface area contributed by atoms with E-state index < -0.39 is 0 Å². The second kappa shape index (κ2) is 4.46. The van der Waals surface area contributed by atoms with E-state index >= 15 is 0 Å². The Hall–Kier alpha value is -1.66. The number of thiazole rings is 1. The number of rotatable bonds is 2. The summed E-state index contributed by atoms with van der Waals surface area (Å²) in [6.45, 7) is 4.07. The molecule has 0 saturated carbocycles. The van der Waals surface area contributed by atoms with Crippen LogP contribution in [0.15, 0.2) is 24.3 Å². The normalized spacial score (nSPS) is 10.1. The van der Waals surface area contributed by atoms with E-state index in [9.17, 15) is 0 Å². The molecule has 2 rings (SSSR count). The number of nitriles is 1. The van der Waals surface area contributed by atoms with Crippen LogP contribution in [0.4, 0.5) is 0 Å². The molecule has 0 N–H and O–H groups in total. The number of nitrogens with zero attached hydrogens (tertiary/aromatic N) is 2. The Morgan fingerprint density at radius 1 is 1.25 bits per heavy atom. The van der Waals surface area contributed by atoms with Gasteiger partial charge in [0, 0.05) is 0 Å². The highest BCUT2D eigenvalue weighted by molar-refractivity contribution is 7.15. The standard InChI is InChI=1S/C13H12N2S/c1-9-3-5-11(6-4-9)13-10(2)15-12(16-13)7-8-14/h3-6H,7H2,1-2H3. The van der Waals surface area contributed by atoms with Crippen molar-refractivity contribution in [1.29, 1.82) is 5.26 Å². The third-order valence-electron chi connectivity index (χ3n) is 2.38. The van der Waals surface area contributed by atoms with Crippen LogP contribution in [0, 0.1) is 25.2 Å². The molecule has 0 atom stereocenters. The van der Waals surface area contributed by atoms with Gasteiger partial charge in [0.05, 0.1) is 23.1 Å². The molecule has 0 amide bonds. The Kier molecular flexibility index (Phi) is 3.02. The van der Waals surface area contributed by atoms with Crippen molar-refractivity contribution >= 4 is 11.3 Å². The SMILES string of the molecule is Cc1ccc(-c2sc(CC#N)nc2C)cc1. The van der Waals surface area contributed by atoms with E-state index in [1.165, 1.54) is 16.0 Å². The van der Waals surface area contributed by atoms with Crippen molar-refractivity contribution in [2.75, 3.05) is 0 Å². The van der Waals surface area contributed by atoms with Gasteiger partial charge in [-0.3, -0.25) is 0 Å². The molecule has 2 nitrogen and oxygen atoms in total. The molecule has 80 valence electrons. The second-order valence-electron chi connectivity index (χ2n) is 3.72. The lowest BCUT2D eigenvalue weighted by molar-refractivity contribution is 1.14.